The molecule has 0 aromatic heterocycles. The molecule has 1 aliphatic rings. The van der Waals surface area contributed by atoms with Crippen LogP contribution in [0.5, 0.6) is 5.75 Å². The Morgan fingerprint density at radius 3 is 2.03 bits per heavy atom. The van der Waals surface area contributed by atoms with E-state index in [1.54, 1.807) is 12.1 Å². The molecule has 1 aliphatic carbocycles. The highest BCUT2D eigenvalue weighted by atomic mass is 19.4. The highest BCUT2D eigenvalue weighted by Crippen LogP contribution is 2.38. The minimum Gasteiger partial charge on any atom is -0.399 e. The second-order valence-corrected chi connectivity index (χ2v) is 8.86. The van der Waals surface area contributed by atoms with Crippen LogP contribution in [0.4, 0.5) is 30.7 Å². The Morgan fingerprint density at radius 2 is 1.49 bits per heavy atom. The predicted octanol–water partition coefficient (Wildman–Crippen LogP) is 8.46. The van der Waals surface area contributed by atoms with Crippen LogP contribution in [-0.2, 0) is 17.8 Å². The quantitative estimate of drug-likeness (QED) is 0.239. The highest BCUT2D eigenvalue weighted by molar-refractivity contribution is 5.32. The average Bonchev–Trinajstić information content (AvgIpc) is 2.79. The minimum absolute atomic E-state index is 0.363. The Hall–Kier alpha value is -2.55. The number of hydrogen-bond acceptors (Lipinski definition) is 2. The molecule has 3 rings (SSSR count). The maximum Gasteiger partial charge on any atom is 0.573 e. The second-order valence-electron chi connectivity index (χ2n) is 8.86. The maximum absolute atomic E-state index is 14.2. The first-order chi connectivity index (χ1) is 16.5. The Bertz CT molecular complexity index is 955. The topological polar surface area (TPSA) is 18.5 Å². The van der Waals surface area contributed by atoms with Crippen LogP contribution in [0, 0.1) is 17.6 Å². The monoisotopic (exact) mass is 504 g/mol. The van der Waals surface area contributed by atoms with Gasteiger partial charge in [-0.3, -0.25) is 0 Å². The zero-order valence-electron chi connectivity index (χ0n) is 19.0. The third-order valence-corrected chi connectivity index (χ3v) is 6.21. The van der Waals surface area contributed by atoms with Crippen LogP contribution in [0.25, 0.3) is 0 Å². The van der Waals surface area contributed by atoms with Gasteiger partial charge in [0, 0.05) is 0 Å². The van der Waals surface area contributed by atoms with E-state index in [-0.39, 0.29) is 0 Å². The molecule has 2 aromatic carbocycles. The lowest BCUT2D eigenvalue weighted by molar-refractivity contribution is -0.276. The molecule has 0 saturated heterocycles. The number of allylic oxidation sites excluding steroid dienone is 1. The molecule has 9 heteroatoms. The van der Waals surface area contributed by atoms with Gasteiger partial charge in [-0.2, -0.15) is 8.78 Å². The van der Waals surface area contributed by atoms with Crippen molar-refractivity contribution in [3.8, 4) is 5.75 Å². The molecule has 0 bridgehead atoms. The molecule has 0 spiro atoms. The molecule has 35 heavy (non-hydrogen) atoms. The third kappa shape index (κ3) is 8.26. The summed E-state index contributed by atoms with van der Waals surface area (Å²) in [5.74, 6) is -4.03. The molecule has 0 aliphatic heterocycles. The molecule has 0 heterocycles. The standard InChI is InChI=1S/C26H27F7O2/c1-2-3-4-17-5-9-20(10-6-17)21-11-7-18(8-12-21)16-34-25(29,30)15-19-13-22(27)24(23(28)14-19)35-26(31,32)33/h2,7-8,11-14,17,20H,1,3-6,9-10,15-16H2. The zero-order chi connectivity index (χ0) is 25.6. The Balaban J connectivity index is 1.53. The van der Waals surface area contributed by atoms with E-state index in [2.05, 4.69) is 16.1 Å². The van der Waals surface area contributed by atoms with E-state index in [4.69, 9.17) is 0 Å². The summed E-state index contributed by atoms with van der Waals surface area (Å²) < 4.78 is 101. The number of halogens is 7. The fourth-order valence-corrected chi connectivity index (χ4v) is 4.43. The van der Waals surface area contributed by atoms with Gasteiger partial charge in [-0.15, -0.1) is 19.8 Å². The van der Waals surface area contributed by atoms with Crippen molar-refractivity contribution < 1.29 is 40.2 Å². The van der Waals surface area contributed by atoms with Crippen molar-refractivity contribution in [3.63, 3.8) is 0 Å². The minimum atomic E-state index is -5.32. The van der Waals surface area contributed by atoms with Gasteiger partial charge >= 0.3 is 12.5 Å². The SMILES string of the molecule is C=CCCC1CCC(c2ccc(COC(F)(F)Cc3cc(F)c(OC(F)(F)F)c(F)c3)cc2)CC1. The lowest BCUT2D eigenvalue weighted by Crippen LogP contribution is -2.24. The van der Waals surface area contributed by atoms with E-state index in [1.807, 2.05) is 18.2 Å². The summed E-state index contributed by atoms with van der Waals surface area (Å²) in [5.41, 5.74) is 1.08. The van der Waals surface area contributed by atoms with Crippen molar-refractivity contribution in [2.24, 2.45) is 5.92 Å². The number of benzene rings is 2. The normalized spacial score (nSPS) is 18.9. The van der Waals surface area contributed by atoms with Gasteiger partial charge in [0.25, 0.3) is 0 Å². The first kappa shape index (κ1) is 27.0. The molecule has 0 amide bonds. The summed E-state index contributed by atoms with van der Waals surface area (Å²) in [6, 6.07) is 7.94. The molecule has 0 atom stereocenters. The Kier molecular flexibility index (Phi) is 8.85. The van der Waals surface area contributed by atoms with Gasteiger partial charge in [0.2, 0.25) is 5.75 Å². The predicted molar refractivity (Wildman–Crippen MR) is 117 cm³/mol. The summed E-state index contributed by atoms with van der Waals surface area (Å²) >= 11 is 0. The summed E-state index contributed by atoms with van der Waals surface area (Å²) in [6.07, 6.45) is -1.76. The van der Waals surface area contributed by atoms with Gasteiger partial charge in [0.15, 0.2) is 11.6 Å². The van der Waals surface area contributed by atoms with E-state index in [0.717, 1.165) is 50.0 Å². The van der Waals surface area contributed by atoms with Crippen LogP contribution >= 0.6 is 0 Å². The van der Waals surface area contributed by atoms with E-state index in [1.165, 1.54) is 0 Å². The van der Waals surface area contributed by atoms with Crippen molar-refractivity contribution in [1.82, 2.24) is 0 Å². The van der Waals surface area contributed by atoms with Gasteiger partial charge in [-0.25, -0.2) is 8.78 Å². The van der Waals surface area contributed by atoms with Crippen molar-refractivity contribution in [2.75, 3.05) is 0 Å². The van der Waals surface area contributed by atoms with Crippen LogP contribution in [-0.4, -0.2) is 12.5 Å². The third-order valence-electron chi connectivity index (χ3n) is 6.21. The second kappa shape index (κ2) is 11.5. The molecule has 192 valence electrons. The van der Waals surface area contributed by atoms with Gasteiger partial charge in [-0.05, 0) is 79.2 Å². The fraction of sp³-hybridized carbons (Fsp3) is 0.462. The fourth-order valence-electron chi connectivity index (χ4n) is 4.43. The van der Waals surface area contributed by atoms with Crippen LogP contribution in [0.3, 0.4) is 0 Å². The Labute approximate surface area is 199 Å². The molecule has 2 aromatic rings. The van der Waals surface area contributed by atoms with Gasteiger partial charge in [0.1, 0.15) is 0 Å². The molecule has 0 N–H and O–H groups in total. The van der Waals surface area contributed by atoms with Gasteiger partial charge in [0.05, 0.1) is 13.0 Å². The maximum atomic E-state index is 14.2. The molecule has 0 unspecified atom stereocenters. The van der Waals surface area contributed by atoms with Crippen molar-refractivity contribution in [1.29, 1.82) is 0 Å². The number of ether oxygens (including phenoxy) is 2. The number of rotatable bonds is 10. The Morgan fingerprint density at radius 1 is 0.886 bits per heavy atom. The average molecular weight is 504 g/mol. The van der Waals surface area contributed by atoms with Crippen molar-refractivity contribution >= 4 is 0 Å². The highest BCUT2D eigenvalue weighted by Gasteiger charge is 2.35. The molecular formula is C26H27F7O2. The van der Waals surface area contributed by atoms with Crippen molar-refractivity contribution in [2.45, 2.75) is 69.9 Å². The largest absolute Gasteiger partial charge is 0.573 e. The summed E-state index contributed by atoms with van der Waals surface area (Å²) in [7, 11) is 0. The summed E-state index contributed by atoms with van der Waals surface area (Å²) in [6.45, 7) is 3.32. The van der Waals surface area contributed by atoms with E-state index < -0.39 is 48.4 Å². The van der Waals surface area contributed by atoms with E-state index >= 15 is 0 Å². The van der Waals surface area contributed by atoms with E-state index in [9.17, 15) is 30.7 Å². The van der Waals surface area contributed by atoms with Gasteiger partial charge < -0.3 is 9.47 Å². The number of hydrogen-bond donors (Lipinski definition) is 0. The zero-order valence-corrected chi connectivity index (χ0v) is 19.0. The molecule has 1 saturated carbocycles. The lowest BCUT2D eigenvalue weighted by Gasteiger charge is -2.28. The summed E-state index contributed by atoms with van der Waals surface area (Å²) in [5, 5.41) is 0. The van der Waals surface area contributed by atoms with Crippen LogP contribution in [0.1, 0.15) is 61.1 Å². The first-order valence-electron chi connectivity index (χ1n) is 11.4. The smallest absolute Gasteiger partial charge is 0.399 e. The van der Waals surface area contributed by atoms with Crippen LogP contribution < -0.4 is 4.74 Å². The summed E-state index contributed by atoms with van der Waals surface area (Å²) in [4.78, 5) is 0. The molecule has 1 fully saturated rings. The lowest BCUT2D eigenvalue weighted by atomic mass is 9.77. The molecule has 2 nitrogen and oxygen atoms in total. The molecular weight excluding hydrogens is 477 g/mol. The van der Waals surface area contributed by atoms with Gasteiger partial charge in [-0.1, -0.05) is 30.3 Å². The number of alkyl halides is 5. The van der Waals surface area contributed by atoms with Crippen LogP contribution in [0.2, 0.25) is 0 Å². The van der Waals surface area contributed by atoms with Crippen LogP contribution in [0.15, 0.2) is 49.1 Å². The van der Waals surface area contributed by atoms with Crippen molar-refractivity contribution in [3.05, 3.63) is 77.4 Å². The molecule has 0 radical (unpaired) electrons. The van der Waals surface area contributed by atoms with E-state index in [0.29, 0.717) is 23.6 Å². The first-order valence-corrected chi connectivity index (χ1v) is 11.4.